The van der Waals surface area contributed by atoms with Gasteiger partial charge in [-0.2, -0.15) is 0 Å². The Kier molecular flexibility index (Phi) is 9.50. The quantitative estimate of drug-likeness (QED) is 0.521. The molecule has 1 unspecified atom stereocenters. The highest BCUT2D eigenvalue weighted by Gasteiger charge is 2.32. The smallest absolute Gasteiger partial charge is 0.408 e. The van der Waals surface area contributed by atoms with Crippen LogP contribution in [-0.4, -0.2) is 41.5 Å². The molecule has 3 amide bonds. The summed E-state index contributed by atoms with van der Waals surface area (Å²) in [7, 11) is 0. The SMILES string of the molecule is CCCN(C(=O)CNC(=O)OC(C)(C)C)C(C(=O)Nc1c(C)cccc1Cl)c1cccc(C)c1. The number of anilines is 1. The third-order valence-electron chi connectivity index (χ3n) is 4.96. The van der Waals surface area contributed by atoms with Crippen molar-refractivity contribution in [3.63, 3.8) is 0 Å². The zero-order valence-corrected chi connectivity index (χ0v) is 21.5. The van der Waals surface area contributed by atoms with Crippen LogP contribution in [0.25, 0.3) is 0 Å². The summed E-state index contributed by atoms with van der Waals surface area (Å²) in [5, 5.41) is 5.82. The second-order valence-electron chi connectivity index (χ2n) is 9.18. The highest BCUT2D eigenvalue weighted by molar-refractivity contribution is 6.34. The molecule has 0 saturated carbocycles. The number of ether oxygens (including phenoxy) is 1. The Hall–Kier alpha value is -3.06. The monoisotopic (exact) mass is 487 g/mol. The van der Waals surface area contributed by atoms with Crippen molar-refractivity contribution in [1.82, 2.24) is 10.2 Å². The molecule has 0 bridgehead atoms. The van der Waals surface area contributed by atoms with Crippen LogP contribution in [0.1, 0.15) is 56.8 Å². The summed E-state index contributed by atoms with van der Waals surface area (Å²) >= 11 is 6.33. The molecule has 0 saturated heterocycles. The summed E-state index contributed by atoms with van der Waals surface area (Å²) in [5.41, 5.74) is 2.25. The Morgan fingerprint density at radius 3 is 2.35 bits per heavy atom. The standard InChI is InChI=1S/C26H34ClN3O4/c1-7-14-30(21(31)16-28-25(33)34-26(4,5)6)23(19-12-8-10-17(2)15-19)24(32)29-22-18(3)11-9-13-20(22)27/h8-13,15,23H,7,14,16H2,1-6H3,(H,28,33)(H,29,32). The lowest BCUT2D eigenvalue weighted by Gasteiger charge is -2.32. The molecule has 1 atom stereocenters. The minimum Gasteiger partial charge on any atom is -0.444 e. The third-order valence-corrected chi connectivity index (χ3v) is 5.27. The second kappa shape index (κ2) is 11.9. The molecule has 2 rings (SSSR count). The van der Waals surface area contributed by atoms with E-state index in [4.69, 9.17) is 16.3 Å². The van der Waals surface area contributed by atoms with Gasteiger partial charge in [-0.05, 0) is 58.2 Å². The van der Waals surface area contributed by atoms with Crippen LogP contribution in [0.2, 0.25) is 5.02 Å². The molecule has 184 valence electrons. The van der Waals surface area contributed by atoms with Gasteiger partial charge in [-0.1, -0.05) is 60.5 Å². The number of carbonyl (C=O) groups excluding carboxylic acids is 3. The topological polar surface area (TPSA) is 87.7 Å². The number of amides is 3. The van der Waals surface area contributed by atoms with Crippen LogP contribution in [0.4, 0.5) is 10.5 Å². The molecule has 0 aliphatic heterocycles. The van der Waals surface area contributed by atoms with Crippen molar-refractivity contribution in [2.45, 2.75) is 59.6 Å². The number of nitrogens with zero attached hydrogens (tertiary/aromatic N) is 1. The fourth-order valence-corrected chi connectivity index (χ4v) is 3.77. The van der Waals surface area contributed by atoms with E-state index in [9.17, 15) is 14.4 Å². The number of alkyl carbamates (subject to hydrolysis) is 1. The van der Waals surface area contributed by atoms with Crippen molar-refractivity contribution in [2.75, 3.05) is 18.4 Å². The van der Waals surface area contributed by atoms with E-state index in [1.54, 1.807) is 32.9 Å². The second-order valence-corrected chi connectivity index (χ2v) is 9.59. The number of hydrogen-bond donors (Lipinski definition) is 2. The zero-order valence-electron chi connectivity index (χ0n) is 20.7. The van der Waals surface area contributed by atoms with Gasteiger partial charge < -0.3 is 20.3 Å². The van der Waals surface area contributed by atoms with Crippen molar-refractivity contribution < 1.29 is 19.1 Å². The molecular formula is C26H34ClN3O4. The molecule has 0 fully saturated rings. The van der Waals surface area contributed by atoms with Crippen LogP contribution in [-0.2, 0) is 14.3 Å². The maximum atomic E-state index is 13.6. The first-order valence-electron chi connectivity index (χ1n) is 11.3. The maximum absolute atomic E-state index is 13.6. The average molecular weight is 488 g/mol. The van der Waals surface area contributed by atoms with E-state index >= 15 is 0 Å². The van der Waals surface area contributed by atoms with E-state index in [0.717, 1.165) is 11.1 Å². The van der Waals surface area contributed by atoms with Crippen LogP contribution < -0.4 is 10.6 Å². The van der Waals surface area contributed by atoms with Crippen LogP contribution >= 0.6 is 11.6 Å². The van der Waals surface area contributed by atoms with Crippen molar-refractivity contribution >= 4 is 35.2 Å². The zero-order chi connectivity index (χ0) is 25.5. The van der Waals surface area contributed by atoms with Crippen molar-refractivity contribution in [2.24, 2.45) is 0 Å². The summed E-state index contributed by atoms with van der Waals surface area (Å²) < 4.78 is 5.23. The first-order valence-corrected chi connectivity index (χ1v) is 11.7. The Morgan fingerprint density at radius 2 is 1.76 bits per heavy atom. The Morgan fingerprint density at radius 1 is 1.09 bits per heavy atom. The molecule has 0 aromatic heterocycles. The Labute approximate surface area is 206 Å². The molecule has 0 heterocycles. The highest BCUT2D eigenvalue weighted by Crippen LogP contribution is 2.29. The van der Waals surface area contributed by atoms with Gasteiger partial charge in [0.1, 0.15) is 18.2 Å². The van der Waals surface area contributed by atoms with Crippen molar-refractivity contribution in [3.8, 4) is 0 Å². The lowest BCUT2D eigenvalue weighted by atomic mass is 10.0. The highest BCUT2D eigenvalue weighted by atomic mass is 35.5. The van der Waals surface area contributed by atoms with Crippen LogP contribution in [0.15, 0.2) is 42.5 Å². The third kappa shape index (κ3) is 7.76. The lowest BCUT2D eigenvalue weighted by molar-refractivity contribution is -0.138. The predicted octanol–water partition coefficient (Wildman–Crippen LogP) is 5.40. The van der Waals surface area contributed by atoms with E-state index in [-0.39, 0.29) is 12.5 Å². The van der Waals surface area contributed by atoms with E-state index in [0.29, 0.717) is 29.2 Å². The largest absolute Gasteiger partial charge is 0.444 e. The number of hydrogen-bond acceptors (Lipinski definition) is 4. The number of nitrogens with one attached hydrogen (secondary N) is 2. The van der Waals surface area contributed by atoms with E-state index in [1.165, 1.54) is 4.90 Å². The number of aryl methyl sites for hydroxylation is 2. The van der Waals surface area contributed by atoms with Gasteiger partial charge in [-0.15, -0.1) is 0 Å². The Bertz CT molecular complexity index is 1010. The van der Waals surface area contributed by atoms with Crippen molar-refractivity contribution in [3.05, 3.63) is 64.2 Å². The van der Waals surface area contributed by atoms with E-state index in [1.807, 2.05) is 51.1 Å². The molecule has 34 heavy (non-hydrogen) atoms. The van der Waals surface area contributed by atoms with Gasteiger partial charge in [0, 0.05) is 6.54 Å². The number of halogens is 1. The van der Waals surface area contributed by atoms with E-state index in [2.05, 4.69) is 10.6 Å². The number of carbonyl (C=O) groups is 3. The molecule has 0 aliphatic carbocycles. The van der Waals surface area contributed by atoms with Gasteiger partial charge in [0.25, 0.3) is 5.91 Å². The molecule has 0 spiro atoms. The molecule has 2 N–H and O–H groups in total. The molecule has 7 nitrogen and oxygen atoms in total. The summed E-state index contributed by atoms with van der Waals surface area (Å²) in [6, 6.07) is 11.9. The molecule has 2 aromatic carbocycles. The maximum Gasteiger partial charge on any atom is 0.408 e. The summed E-state index contributed by atoms with van der Waals surface area (Å²) in [6.45, 7) is 10.9. The predicted molar refractivity (Wildman–Crippen MR) is 135 cm³/mol. The minimum atomic E-state index is -0.913. The minimum absolute atomic E-state index is 0.296. The van der Waals surface area contributed by atoms with Gasteiger partial charge in [0.05, 0.1) is 10.7 Å². The Balaban J connectivity index is 2.37. The normalized spacial score (nSPS) is 12.0. The summed E-state index contributed by atoms with van der Waals surface area (Å²) in [5.74, 6) is -0.786. The summed E-state index contributed by atoms with van der Waals surface area (Å²) in [6.07, 6.45) is -0.0700. The molecule has 0 aliphatic rings. The van der Waals surface area contributed by atoms with Gasteiger partial charge in [-0.25, -0.2) is 4.79 Å². The molecular weight excluding hydrogens is 454 g/mol. The summed E-state index contributed by atoms with van der Waals surface area (Å²) in [4.78, 5) is 40.4. The average Bonchev–Trinajstić information content (AvgIpc) is 2.73. The fraction of sp³-hybridized carbons (Fsp3) is 0.423. The van der Waals surface area contributed by atoms with Crippen LogP contribution in [0.5, 0.6) is 0 Å². The van der Waals surface area contributed by atoms with Crippen LogP contribution in [0.3, 0.4) is 0 Å². The number of para-hydroxylation sites is 1. The molecule has 2 aromatic rings. The van der Waals surface area contributed by atoms with Gasteiger partial charge in [0.2, 0.25) is 5.91 Å². The van der Waals surface area contributed by atoms with E-state index < -0.39 is 23.6 Å². The van der Waals surface area contributed by atoms with Gasteiger partial charge >= 0.3 is 6.09 Å². The van der Waals surface area contributed by atoms with Crippen LogP contribution in [0, 0.1) is 13.8 Å². The first-order chi connectivity index (χ1) is 15.9. The fourth-order valence-electron chi connectivity index (χ4n) is 3.50. The molecule has 0 radical (unpaired) electrons. The number of benzene rings is 2. The van der Waals surface area contributed by atoms with Crippen molar-refractivity contribution in [1.29, 1.82) is 0 Å². The lowest BCUT2D eigenvalue weighted by Crippen LogP contribution is -2.46. The first kappa shape index (κ1) is 27.2. The molecule has 8 heteroatoms. The van der Waals surface area contributed by atoms with Gasteiger partial charge in [-0.3, -0.25) is 9.59 Å². The van der Waals surface area contributed by atoms with Gasteiger partial charge in [0.15, 0.2) is 0 Å². The number of rotatable bonds is 8.